The second-order valence-electron chi connectivity index (χ2n) is 4.48. The third-order valence-corrected chi connectivity index (χ3v) is 3.02. The molecule has 6 nitrogen and oxygen atoms in total. The largest absolute Gasteiger partial charge is 0.480 e. The SMILES string of the molecule is CC(=O)C(=O)NC(Cc1c[nH]c2ccccc12)C(=O)O. The molecule has 1 atom stereocenters. The summed E-state index contributed by atoms with van der Waals surface area (Å²) in [5, 5.41) is 12.3. The fourth-order valence-corrected chi connectivity index (χ4v) is 1.98. The molecular formula is C14H14N2O4. The van der Waals surface area contributed by atoms with Gasteiger partial charge in [-0.2, -0.15) is 0 Å². The number of H-pyrrole nitrogens is 1. The highest BCUT2D eigenvalue weighted by Crippen LogP contribution is 2.19. The number of Topliss-reactive ketones (excluding diaryl/α,β-unsaturated/α-hetero) is 1. The van der Waals surface area contributed by atoms with Gasteiger partial charge in [0.1, 0.15) is 6.04 Å². The molecule has 1 amide bonds. The van der Waals surface area contributed by atoms with Crippen molar-refractivity contribution in [1.82, 2.24) is 10.3 Å². The molecule has 0 saturated heterocycles. The summed E-state index contributed by atoms with van der Waals surface area (Å²) in [7, 11) is 0. The molecule has 0 spiro atoms. The second kappa shape index (κ2) is 5.56. The van der Waals surface area contributed by atoms with Crippen LogP contribution in [-0.2, 0) is 20.8 Å². The third kappa shape index (κ3) is 2.85. The van der Waals surface area contributed by atoms with Crippen LogP contribution in [-0.4, -0.2) is 33.8 Å². The first-order valence-electron chi connectivity index (χ1n) is 6.08. The minimum Gasteiger partial charge on any atom is -0.480 e. The van der Waals surface area contributed by atoms with E-state index in [9.17, 15) is 14.4 Å². The Morgan fingerprint density at radius 1 is 1.30 bits per heavy atom. The van der Waals surface area contributed by atoms with Crippen molar-refractivity contribution in [3.63, 3.8) is 0 Å². The summed E-state index contributed by atoms with van der Waals surface area (Å²) in [5.41, 5.74) is 1.67. The van der Waals surface area contributed by atoms with Crippen molar-refractivity contribution < 1.29 is 19.5 Å². The van der Waals surface area contributed by atoms with Crippen LogP contribution in [0.1, 0.15) is 12.5 Å². The average Bonchev–Trinajstić information content (AvgIpc) is 2.81. The number of fused-ring (bicyclic) bond motifs is 1. The summed E-state index contributed by atoms with van der Waals surface area (Å²) in [5.74, 6) is -2.78. The number of amides is 1. The lowest BCUT2D eigenvalue weighted by Gasteiger charge is -2.12. The van der Waals surface area contributed by atoms with Gasteiger partial charge in [-0.25, -0.2) is 4.79 Å². The van der Waals surface area contributed by atoms with Crippen LogP contribution >= 0.6 is 0 Å². The lowest BCUT2D eigenvalue weighted by atomic mass is 10.0. The first kappa shape index (κ1) is 13.8. The molecule has 6 heteroatoms. The number of carboxylic acid groups (broad SMARTS) is 1. The number of para-hydroxylation sites is 1. The summed E-state index contributed by atoms with van der Waals surface area (Å²) in [6.07, 6.45) is 1.82. The van der Waals surface area contributed by atoms with Crippen molar-refractivity contribution in [3.8, 4) is 0 Å². The van der Waals surface area contributed by atoms with Crippen molar-refractivity contribution in [2.24, 2.45) is 0 Å². The molecule has 20 heavy (non-hydrogen) atoms. The van der Waals surface area contributed by atoms with Crippen LogP contribution in [0.3, 0.4) is 0 Å². The van der Waals surface area contributed by atoms with Crippen molar-refractivity contribution in [1.29, 1.82) is 0 Å². The van der Waals surface area contributed by atoms with Crippen LogP contribution in [0.5, 0.6) is 0 Å². The lowest BCUT2D eigenvalue weighted by Crippen LogP contribution is -2.44. The van der Waals surface area contributed by atoms with Gasteiger partial charge >= 0.3 is 5.97 Å². The molecule has 3 N–H and O–H groups in total. The fraction of sp³-hybridized carbons (Fsp3) is 0.214. The summed E-state index contributed by atoms with van der Waals surface area (Å²) < 4.78 is 0. The van der Waals surface area contributed by atoms with E-state index in [1.165, 1.54) is 0 Å². The molecule has 1 aromatic heterocycles. The number of benzene rings is 1. The molecule has 0 saturated carbocycles. The molecule has 0 aliphatic heterocycles. The Hall–Kier alpha value is -2.63. The van der Waals surface area contributed by atoms with E-state index in [2.05, 4.69) is 10.3 Å². The molecule has 0 fully saturated rings. The van der Waals surface area contributed by atoms with Gasteiger partial charge in [0, 0.05) is 30.4 Å². The predicted molar refractivity (Wildman–Crippen MR) is 72.3 cm³/mol. The van der Waals surface area contributed by atoms with Crippen LogP contribution in [0.25, 0.3) is 10.9 Å². The van der Waals surface area contributed by atoms with Crippen molar-refractivity contribution in [2.75, 3.05) is 0 Å². The van der Waals surface area contributed by atoms with E-state index in [0.29, 0.717) is 0 Å². The maximum absolute atomic E-state index is 11.3. The third-order valence-electron chi connectivity index (χ3n) is 3.02. The van der Waals surface area contributed by atoms with Gasteiger partial charge in [0.25, 0.3) is 5.91 Å². The summed E-state index contributed by atoms with van der Waals surface area (Å²) in [6.45, 7) is 1.10. The molecule has 0 aliphatic rings. The van der Waals surface area contributed by atoms with Gasteiger partial charge in [0.15, 0.2) is 0 Å². The summed E-state index contributed by atoms with van der Waals surface area (Å²) in [4.78, 5) is 36.4. The van der Waals surface area contributed by atoms with E-state index in [0.717, 1.165) is 23.4 Å². The molecular weight excluding hydrogens is 260 g/mol. The first-order chi connectivity index (χ1) is 9.49. The molecule has 1 aromatic carbocycles. The monoisotopic (exact) mass is 274 g/mol. The van der Waals surface area contributed by atoms with Gasteiger partial charge < -0.3 is 15.4 Å². The molecule has 1 heterocycles. The zero-order valence-corrected chi connectivity index (χ0v) is 10.8. The van der Waals surface area contributed by atoms with Crippen LogP contribution in [0.15, 0.2) is 30.5 Å². The summed E-state index contributed by atoms with van der Waals surface area (Å²) >= 11 is 0. The van der Waals surface area contributed by atoms with E-state index >= 15 is 0 Å². The zero-order valence-electron chi connectivity index (χ0n) is 10.8. The fourth-order valence-electron chi connectivity index (χ4n) is 1.98. The van der Waals surface area contributed by atoms with Crippen LogP contribution in [0, 0.1) is 0 Å². The van der Waals surface area contributed by atoms with E-state index in [1.54, 1.807) is 6.20 Å². The van der Waals surface area contributed by atoms with Gasteiger partial charge in [-0.05, 0) is 11.6 Å². The number of nitrogens with one attached hydrogen (secondary N) is 2. The normalized spacial score (nSPS) is 12.1. The van der Waals surface area contributed by atoms with Gasteiger partial charge in [0.2, 0.25) is 5.78 Å². The van der Waals surface area contributed by atoms with Gasteiger partial charge in [0.05, 0.1) is 0 Å². The highest BCUT2D eigenvalue weighted by atomic mass is 16.4. The van der Waals surface area contributed by atoms with Gasteiger partial charge in [-0.15, -0.1) is 0 Å². The highest BCUT2D eigenvalue weighted by molar-refractivity contribution is 6.35. The number of rotatable bonds is 5. The number of ketones is 1. The highest BCUT2D eigenvalue weighted by Gasteiger charge is 2.23. The maximum Gasteiger partial charge on any atom is 0.326 e. The maximum atomic E-state index is 11.3. The number of carbonyl (C=O) groups is 3. The van der Waals surface area contributed by atoms with Crippen molar-refractivity contribution in [3.05, 3.63) is 36.0 Å². The van der Waals surface area contributed by atoms with E-state index in [-0.39, 0.29) is 6.42 Å². The number of aliphatic carboxylic acids is 1. The molecule has 2 rings (SSSR count). The van der Waals surface area contributed by atoms with Crippen LogP contribution in [0.4, 0.5) is 0 Å². The molecule has 0 radical (unpaired) electrons. The van der Waals surface area contributed by atoms with E-state index < -0.39 is 23.7 Å². The zero-order chi connectivity index (χ0) is 14.7. The number of hydrogen-bond donors (Lipinski definition) is 3. The Morgan fingerprint density at radius 3 is 2.65 bits per heavy atom. The smallest absolute Gasteiger partial charge is 0.326 e. The summed E-state index contributed by atoms with van der Waals surface area (Å²) in [6, 6.07) is 6.33. The van der Waals surface area contributed by atoms with Gasteiger partial charge in [-0.3, -0.25) is 9.59 Å². The van der Waals surface area contributed by atoms with Crippen LogP contribution < -0.4 is 5.32 Å². The molecule has 0 bridgehead atoms. The topological polar surface area (TPSA) is 99.3 Å². The molecule has 104 valence electrons. The number of carbonyl (C=O) groups excluding carboxylic acids is 2. The Balaban J connectivity index is 2.22. The van der Waals surface area contributed by atoms with Crippen molar-refractivity contribution >= 4 is 28.6 Å². The Morgan fingerprint density at radius 2 is 2.00 bits per heavy atom. The predicted octanol–water partition coefficient (Wildman–Crippen LogP) is 0.869. The quantitative estimate of drug-likeness (QED) is 0.704. The minimum absolute atomic E-state index is 0.109. The number of carboxylic acids is 1. The minimum atomic E-state index is -1.18. The Bertz CT molecular complexity index is 675. The molecule has 0 aliphatic carbocycles. The molecule has 2 aromatic rings. The lowest BCUT2D eigenvalue weighted by molar-refractivity contribution is -0.143. The molecule has 1 unspecified atom stereocenters. The van der Waals surface area contributed by atoms with E-state index in [1.807, 2.05) is 24.3 Å². The number of hydrogen-bond acceptors (Lipinski definition) is 3. The first-order valence-corrected chi connectivity index (χ1v) is 6.08. The van der Waals surface area contributed by atoms with E-state index in [4.69, 9.17) is 5.11 Å². The standard InChI is InChI=1S/C14H14N2O4/c1-8(17)13(18)16-12(14(19)20)6-9-7-15-11-5-3-2-4-10(9)11/h2-5,7,12,15H,6H2,1H3,(H,16,18)(H,19,20). The average molecular weight is 274 g/mol. The number of aromatic amines is 1. The van der Waals surface area contributed by atoms with Crippen molar-refractivity contribution in [2.45, 2.75) is 19.4 Å². The Kier molecular flexibility index (Phi) is 3.84. The number of aromatic nitrogens is 1. The van der Waals surface area contributed by atoms with Crippen LogP contribution in [0.2, 0.25) is 0 Å². The Labute approximate surface area is 114 Å². The van der Waals surface area contributed by atoms with Gasteiger partial charge in [-0.1, -0.05) is 18.2 Å². The second-order valence-corrected chi connectivity index (χ2v) is 4.48.